The maximum absolute atomic E-state index is 14.3. The van der Waals surface area contributed by atoms with Crippen LogP contribution in [0.15, 0.2) is 53.4 Å². The van der Waals surface area contributed by atoms with Crippen molar-refractivity contribution in [1.29, 1.82) is 0 Å². The second-order valence-electron chi connectivity index (χ2n) is 13.2. The molecule has 0 spiro atoms. The van der Waals surface area contributed by atoms with Gasteiger partial charge >= 0.3 is 0 Å². The van der Waals surface area contributed by atoms with Crippen molar-refractivity contribution in [2.24, 2.45) is 11.8 Å². The number of likely N-dealkylation sites (N-methyl/N-ethyl adjacent to an activating group) is 1. The zero-order valence-corrected chi connectivity index (χ0v) is 28.3. The fourth-order valence-corrected chi connectivity index (χ4v) is 7.53. The third-order valence-electron chi connectivity index (χ3n) is 9.14. The molecule has 1 fully saturated rings. The van der Waals surface area contributed by atoms with E-state index in [4.69, 9.17) is 9.47 Å². The van der Waals surface area contributed by atoms with E-state index in [1.54, 1.807) is 41.3 Å². The van der Waals surface area contributed by atoms with Crippen LogP contribution in [0.4, 0.5) is 5.69 Å². The topological polar surface area (TPSA) is 108 Å². The minimum atomic E-state index is -3.87. The minimum absolute atomic E-state index is 0.0113. The molecule has 0 bridgehead atoms. The summed E-state index contributed by atoms with van der Waals surface area (Å²) in [6.45, 7) is 8.54. The number of aliphatic hydroxyl groups excluding tert-OH is 1. The Morgan fingerprint density at radius 1 is 1.00 bits per heavy atom. The molecule has 1 amide bonds. The number of nitrogens with one attached hydrogen (secondary N) is 1. The molecule has 4 rings (SSSR count). The van der Waals surface area contributed by atoms with Crippen molar-refractivity contribution in [3.05, 3.63) is 54.1 Å². The Kier molecular flexibility index (Phi) is 13.1. The predicted molar refractivity (Wildman–Crippen MR) is 178 cm³/mol. The van der Waals surface area contributed by atoms with E-state index in [-0.39, 0.29) is 46.8 Å². The highest BCUT2D eigenvalue weighted by molar-refractivity contribution is 7.92. The third-order valence-corrected chi connectivity index (χ3v) is 10.5. The molecule has 1 aliphatic carbocycles. The van der Waals surface area contributed by atoms with Gasteiger partial charge in [0.05, 0.1) is 35.3 Å². The fraction of sp³-hybridized carbons (Fsp3) is 0.629. The molecule has 1 aliphatic heterocycles. The molecule has 2 N–H and O–H groups in total. The molecule has 0 radical (unpaired) electrons. The van der Waals surface area contributed by atoms with Crippen LogP contribution in [0, 0.1) is 11.8 Å². The van der Waals surface area contributed by atoms with Gasteiger partial charge in [-0.1, -0.05) is 44.4 Å². The van der Waals surface area contributed by atoms with Crippen molar-refractivity contribution in [2.75, 3.05) is 44.6 Å². The summed E-state index contributed by atoms with van der Waals surface area (Å²) in [5.41, 5.74) is 0.519. The number of anilines is 1. The highest BCUT2D eigenvalue weighted by atomic mass is 32.2. The maximum Gasteiger partial charge on any atom is 0.261 e. The van der Waals surface area contributed by atoms with Crippen LogP contribution < -0.4 is 9.46 Å². The van der Waals surface area contributed by atoms with Crippen LogP contribution in [0.3, 0.4) is 0 Å². The van der Waals surface area contributed by atoms with E-state index in [0.717, 1.165) is 38.3 Å². The van der Waals surface area contributed by atoms with Gasteiger partial charge in [0.2, 0.25) is 0 Å². The monoisotopic (exact) mass is 643 g/mol. The first-order valence-electron chi connectivity index (χ1n) is 16.7. The summed E-state index contributed by atoms with van der Waals surface area (Å²) in [5.74, 6) is 0.784. The number of amides is 1. The quantitative estimate of drug-likeness (QED) is 0.356. The Labute approximate surface area is 270 Å². The first-order valence-corrected chi connectivity index (χ1v) is 18.2. The number of ether oxygens (including phenoxy) is 2. The molecule has 10 heteroatoms. The van der Waals surface area contributed by atoms with Crippen molar-refractivity contribution in [3.63, 3.8) is 0 Å². The Hall–Kier alpha value is -2.66. The van der Waals surface area contributed by atoms with Crippen LogP contribution in [0.5, 0.6) is 5.75 Å². The Morgan fingerprint density at radius 2 is 1.71 bits per heavy atom. The highest BCUT2D eigenvalue weighted by Crippen LogP contribution is 2.30. The lowest BCUT2D eigenvalue weighted by molar-refractivity contribution is -0.0190. The zero-order valence-electron chi connectivity index (χ0n) is 27.5. The second kappa shape index (κ2) is 16.8. The normalized spacial score (nSPS) is 23.6. The summed E-state index contributed by atoms with van der Waals surface area (Å²) in [7, 11) is -1.70. The SMILES string of the molecule is C[C@@H]1CCCCO[C@H](CN(C)CC2CCCCC2)[C@@H](C)CN([C@H](C)CO)C(=O)c2cc(NS(=O)(=O)c3ccccc3)ccc2O1. The number of nitrogens with zero attached hydrogens (tertiary/aromatic N) is 2. The number of aliphatic hydroxyl groups is 1. The number of sulfonamides is 1. The van der Waals surface area contributed by atoms with Gasteiger partial charge in [-0.25, -0.2) is 8.42 Å². The first-order chi connectivity index (χ1) is 21.6. The van der Waals surface area contributed by atoms with Gasteiger partial charge in [-0.05, 0) is 89.2 Å². The molecule has 2 aromatic carbocycles. The van der Waals surface area contributed by atoms with Gasteiger partial charge in [0.1, 0.15) is 5.75 Å². The summed E-state index contributed by atoms with van der Waals surface area (Å²) in [5, 5.41) is 10.2. The Bertz CT molecular complexity index is 1320. The number of hydrogen-bond acceptors (Lipinski definition) is 7. The van der Waals surface area contributed by atoms with Crippen molar-refractivity contribution in [2.45, 2.75) is 95.3 Å². The van der Waals surface area contributed by atoms with Crippen molar-refractivity contribution in [1.82, 2.24) is 9.80 Å². The number of carbonyl (C=O) groups is 1. The van der Waals surface area contributed by atoms with Crippen molar-refractivity contribution in [3.8, 4) is 5.75 Å². The van der Waals surface area contributed by atoms with Gasteiger partial charge in [0, 0.05) is 37.8 Å². The van der Waals surface area contributed by atoms with E-state index >= 15 is 0 Å². The van der Waals surface area contributed by atoms with Crippen molar-refractivity contribution >= 4 is 21.6 Å². The standard InChI is InChI=1S/C35H53N3O6S/c1-26-22-38(27(2)25-39)35(40)32-21-30(36-45(41,42)31-16-9-6-10-17-31)18-19-33(32)44-28(3)13-11-12-20-43-34(26)24-37(4)23-29-14-7-5-8-15-29/h6,9-10,16-19,21,26-29,34,36,39H,5,7-8,11-15,20,22-25H2,1-4H3/t26-,27+,28+,34+/m0/s1. The lowest BCUT2D eigenvalue weighted by Gasteiger charge is -2.36. The third kappa shape index (κ3) is 10.2. The van der Waals surface area contributed by atoms with Crippen LogP contribution >= 0.6 is 0 Å². The summed E-state index contributed by atoms with van der Waals surface area (Å²) < 4.78 is 41.6. The van der Waals surface area contributed by atoms with Crippen LogP contribution in [-0.4, -0.2) is 87.4 Å². The second-order valence-corrected chi connectivity index (χ2v) is 14.8. The molecular formula is C35H53N3O6S. The Morgan fingerprint density at radius 3 is 2.42 bits per heavy atom. The molecular weight excluding hydrogens is 590 g/mol. The maximum atomic E-state index is 14.3. The largest absolute Gasteiger partial charge is 0.490 e. The minimum Gasteiger partial charge on any atom is -0.490 e. The molecule has 2 aromatic rings. The van der Waals surface area contributed by atoms with Gasteiger partial charge < -0.3 is 24.4 Å². The van der Waals surface area contributed by atoms with E-state index in [1.165, 1.54) is 44.2 Å². The molecule has 45 heavy (non-hydrogen) atoms. The molecule has 0 unspecified atom stereocenters. The lowest BCUT2D eigenvalue weighted by atomic mass is 9.89. The number of benzene rings is 2. The van der Waals surface area contributed by atoms with E-state index in [1.807, 2.05) is 13.8 Å². The molecule has 1 heterocycles. The van der Waals surface area contributed by atoms with Crippen LogP contribution in [0.2, 0.25) is 0 Å². The molecule has 4 atom stereocenters. The molecule has 2 aliphatic rings. The summed E-state index contributed by atoms with van der Waals surface area (Å²) in [6.07, 6.45) is 8.90. The number of hydrogen-bond donors (Lipinski definition) is 2. The van der Waals surface area contributed by atoms with Gasteiger partial charge in [0.15, 0.2) is 0 Å². The van der Waals surface area contributed by atoms with Gasteiger partial charge in [-0.2, -0.15) is 0 Å². The number of carbonyl (C=O) groups excluding carboxylic acids is 1. The first kappa shape index (κ1) is 35.2. The number of rotatable bonds is 9. The smallest absolute Gasteiger partial charge is 0.261 e. The molecule has 0 aromatic heterocycles. The average Bonchev–Trinajstić information content (AvgIpc) is 3.03. The van der Waals surface area contributed by atoms with E-state index in [0.29, 0.717) is 18.9 Å². The molecule has 0 saturated heterocycles. The molecule has 1 saturated carbocycles. The summed E-state index contributed by atoms with van der Waals surface area (Å²) >= 11 is 0. The highest BCUT2D eigenvalue weighted by Gasteiger charge is 2.31. The zero-order chi connectivity index (χ0) is 32.4. The predicted octanol–water partition coefficient (Wildman–Crippen LogP) is 5.80. The van der Waals surface area contributed by atoms with E-state index < -0.39 is 16.1 Å². The Balaban J connectivity index is 1.62. The van der Waals surface area contributed by atoms with Gasteiger partial charge in [-0.15, -0.1) is 0 Å². The lowest BCUT2D eigenvalue weighted by Crippen LogP contribution is -2.47. The van der Waals surface area contributed by atoms with Gasteiger partial charge in [0.25, 0.3) is 15.9 Å². The summed E-state index contributed by atoms with van der Waals surface area (Å²) in [6, 6.07) is 12.5. The molecule has 250 valence electrons. The average molecular weight is 644 g/mol. The number of fused-ring (bicyclic) bond motifs is 1. The van der Waals surface area contributed by atoms with Crippen molar-refractivity contribution < 1.29 is 27.8 Å². The van der Waals surface area contributed by atoms with Gasteiger partial charge in [-0.3, -0.25) is 9.52 Å². The van der Waals surface area contributed by atoms with Crippen LogP contribution in [0.25, 0.3) is 0 Å². The van der Waals surface area contributed by atoms with E-state index in [9.17, 15) is 18.3 Å². The van der Waals surface area contributed by atoms with Crippen LogP contribution in [-0.2, 0) is 14.8 Å². The fourth-order valence-electron chi connectivity index (χ4n) is 6.45. The van der Waals surface area contributed by atoms with Crippen LogP contribution in [0.1, 0.15) is 82.5 Å². The molecule has 9 nitrogen and oxygen atoms in total. The van der Waals surface area contributed by atoms with E-state index in [2.05, 4.69) is 23.6 Å². The summed E-state index contributed by atoms with van der Waals surface area (Å²) in [4.78, 5) is 18.5.